The van der Waals surface area contributed by atoms with E-state index in [0.29, 0.717) is 13.0 Å². The Balaban J connectivity index is 2.68. The molecular weight excluding hydrogens is 254 g/mol. The van der Waals surface area contributed by atoms with Gasteiger partial charge in [-0.2, -0.15) is 0 Å². The average Bonchev–Trinajstić information content (AvgIpc) is 2.45. The van der Waals surface area contributed by atoms with Gasteiger partial charge in [0.1, 0.15) is 5.75 Å². The molecule has 0 saturated carbocycles. The quantitative estimate of drug-likeness (QED) is 0.706. The monoisotopic (exact) mass is 279 g/mol. The van der Waals surface area contributed by atoms with Crippen LogP contribution in [0.4, 0.5) is 0 Å². The minimum atomic E-state index is -0.176. The first-order valence-electron chi connectivity index (χ1n) is 7.33. The highest BCUT2D eigenvalue weighted by atomic mass is 16.5. The second kappa shape index (κ2) is 9.37. The molecule has 1 atom stereocenters. The van der Waals surface area contributed by atoms with Gasteiger partial charge in [-0.1, -0.05) is 26.0 Å². The standard InChI is InChI=1S/C16H25NO3/c1-4-11-20-14-9-7-13(8-10-14)15(17-5-2)12-16(18)19-6-3/h7-10,15,17H,4-6,11-12H2,1-3H3. The van der Waals surface area contributed by atoms with Crippen molar-refractivity contribution >= 4 is 5.97 Å². The van der Waals surface area contributed by atoms with Crippen LogP contribution >= 0.6 is 0 Å². The number of hydrogen-bond donors (Lipinski definition) is 1. The number of carbonyl (C=O) groups is 1. The number of carbonyl (C=O) groups excluding carboxylic acids is 1. The van der Waals surface area contributed by atoms with Gasteiger partial charge >= 0.3 is 5.97 Å². The second-order valence-corrected chi connectivity index (χ2v) is 4.54. The van der Waals surface area contributed by atoms with Crippen LogP contribution in [0, 0.1) is 0 Å². The molecule has 0 bridgehead atoms. The molecule has 1 rings (SSSR count). The molecule has 0 saturated heterocycles. The normalized spacial score (nSPS) is 11.9. The SMILES string of the molecule is CCCOc1ccc(C(CC(=O)OCC)NCC)cc1. The molecule has 0 amide bonds. The van der Waals surface area contributed by atoms with Crippen molar-refractivity contribution in [1.29, 1.82) is 0 Å². The molecule has 1 aromatic rings. The Morgan fingerprint density at radius 2 is 1.90 bits per heavy atom. The van der Waals surface area contributed by atoms with Gasteiger partial charge in [0.15, 0.2) is 0 Å². The Kier molecular flexibility index (Phi) is 7.73. The van der Waals surface area contributed by atoms with E-state index < -0.39 is 0 Å². The van der Waals surface area contributed by atoms with E-state index in [1.807, 2.05) is 38.1 Å². The molecule has 4 heteroatoms. The fourth-order valence-corrected chi connectivity index (χ4v) is 1.96. The summed E-state index contributed by atoms with van der Waals surface area (Å²) in [6.07, 6.45) is 1.33. The zero-order chi connectivity index (χ0) is 14.8. The van der Waals surface area contributed by atoms with E-state index in [1.54, 1.807) is 0 Å². The maximum Gasteiger partial charge on any atom is 0.307 e. The number of benzene rings is 1. The smallest absolute Gasteiger partial charge is 0.307 e. The largest absolute Gasteiger partial charge is 0.494 e. The highest BCUT2D eigenvalue weighted by molar-refractivity contribution is 5.70. The summed E-state index contributed by atoms with van der Waals surface area (Å²) in [5.74, 6) is 0.687. The number of hydrogen-bond acceptors (Lipinski definition) is 4. The van der Waals surface area contributed by atoms with Crippen molar-refractivity contribution in [3.8, 4) is 5.75 Å². The third kappa shape index (κ3) is 5.61. The molecule has 1 unspecified atom stereocenters. The van der Waals surface area contributed by atoms with Crippen molar-refractivity contribution in [3.05, 3.63) is 29.8 Å². The molecule has 0 aromatic heterocycles. The molecule has 0 aliphatic carbocycles. The van der Waals surface area contributed by atoms with E-state index in [1.165, 1.54) is 0 Å². The van der Waals surface area contributed by atoms with Crippen molar-refractivity contribution in [1.82, 2.24) is 5.32 Å². The van der Waals surface area contributed by atoms with Crippen LogP contribution in [-0.4, -0.2) is 25.7 Å². The molecule has 0 radical (unpaired) electrons. The van der Waals surface area contributed by atoms with Gasteiger partial charge < -0.3 is 14.8 Å². The predicted molar refractivity (Wildman–Crippen MR) is 79.9 cm³/mol. The van der Waals surface area contributed by atoms with E-state index in [4.69, 9.17) is 9.47 Å². The summed E-state index contributed by atoms with van der Waals surface area (Å²) < 4.78 is 10.6. The van der Waals surface area contributed by atoms with Crippen molar-refractivity contribution in [2.45, 2.75) is 39.7 Å². The summed E-state index contributed by atoms with van der Waals surface area (Å²) in [7, 11) is 0. The van der Waals surface area contributed by atoms with Crippen molar-refractivity contribution < 1.29 is 14.3 Å². The minimum absolute atomic E-state index is 0.0146. The molecule has 0 fully saturated rings. The zero-order valence-corrected chi connectivity index (χ0v) is 12.6. The van der Waals surface area contributed by atoms with Gasteiger partial charge in [0.2, 0.25) is 0 Å². The van der Waals surface area contributed by atoms with Gasteiger partial charge in [-0.15, -0.1) is 0 Å². The maximum absolute atomic E-state index is 11.6. The van der Waals surface area contributed by atoms with Crippen molar-refractivity contribution in [2.24, 2.45) is 0 Å². The van der Waals surface area contributed by atoms with Crippen LogP contribution in [-0.2, 0) is 9.53 Å². The van der Waals surface area contributed by atoms with Gasteiger partial charge in [0.25, 0.3) is 0 Å². The van der Waals surface area contributed by atoms with Gasteiger partial charge in [-0.3, -0.25) is 4.79 Å². The van der Waals surface area contributed by atoms with Gasteiger partial charge in [-0.05, 0) is 37.6 Å². The number of nitrogens with one attached hydrogen (secondary N) is 1. The van der Waals surface area contributed by atoms with Crippen LogP contribution in [0.25, 0.3) is 0 Å². The van der Waals surface area contributed by atoms with E-state index in [9.17, 15) is 4.79 Å². The Bertz CT molecular complexity index is 389. The lowest BCUT2D eigenvalue weighted by Gasteiger charge is -2.18. The van der Waals surface area contributed by atoms with E-state index in [-0.39, 0.29) is 12.0 Å². The van der Waals surface area contributed by atoms with Crippen molar-refractivity contribution in [2.75, 3.05) is 19.8 Å². The van der Waals surface area contributed by atoms with Crippen LogP contribution in [0.2, 0.25) is 0 Å². The van der Waals surface area contributed by atoms with E-state index in [2.05, 4.69) is 12.2 Å². The molecule has 20 heavy (non-hydrogen) atoms. The molecule has 0 aliphatic rings. The fraction of sp³-hybridized carbons (Fsp3) is 0.562. The first-order chi connectivity index (χ1) is 9.71. The van der Waals surface area contributed by atoms with Crippen LogP contribution in [0.3, 0.4) is 0 Å². The lowest BCUT2D eigenvalue weighted by Crippen LogP contribution is -2.24. The van der Waals surface area contributed by atoms with Crippen molar-refractivity contribution in [3.63, 3.8) is 0 Å². The molecule has 4 nitrogen and oxygen atoms in total. The summed E-state index contributed by atoms with van der Waals surface area (Å²) in [5.41, 5.74) is 1.07. The minimum Gasteiger partial charge on any atom is -0.494 e. The Hall–Kier alpha value is -1.55. The number of ether oxygens (including phenoxy) is 2. The maximum atomic E-state index is 11.6. The van der Waals surface area contributed by atoms with Gasteiger partial charge in [-0.25, -0.2) is 0 Å². The lowest BCUT2D eigenvalue weighted by molar-refractivity contribution is -0.143. The second-order valence-electron chi connectivity index (χ2n) is 4.54. The van der Waals surface area contributed by atoms with E-state index >= 15 is 0 Å². The third-order valence-electron chi connectivity index (χ3n) is 2.88. The first-order valence-corrected chi connectivity index (χ1v) is 7.33. The number of rotatable bonds is 9. The third-order valence-corrected chi connectivity index (χ3v) is 2.88. The summed E-state index contributed by atoms with van der Waals surface area (Å²) in [6.45, 7) is 7.87. The molecule has 0 heterocycles. The van der Waals surface area contributed by atoms with Crippen LogP contribution in [0.15, 0.2) is 24.3 Å². The zero-order valence-electron chi connectivity index (χ0n) is 12.6. The predicted octanol–water partition coefficient (Wildman–Crippen LogP) is 3.08. The number of esters is 1. The van der Waals surface area contributed by atoms with Crippen LogP contribution in [0.5, 0.6) is 5.75 Å². The molecule has 0 aliphatic heterocycles. The Morgan fingerprint density at radius 3 is 2.45 bits per heavy atom. The highest BCUT2D eigenvalue weighted by Gasteiger charge is 2.15. The average molecular weight is 279 g/mol. The molecule has 1 N–H and O–H groups in total. The molecule has 0 spiro atoms. The Labute approximate surface area is 121 Å². The van der Waals surface area contributed by atoms with E-state index in [0.717, 1.165) is 30.9 Å². The summed E-state index contributed by atoms with van der Waals surface area (Å²) in [6, 6.07) is 7.87. The Morgan fingerprint density at radius 1 is 1.20 bits per heavy atom. The molecule has 112 valence electrons. The summed E-state index contributed by atoms with van der Waals surface area (Å²) in [4.78, 5) is 11.6. The van der Waals surface area contributed by atoms with Crippen LogP contribution in [0.1, 0.15) is 45.2 Å². The fourth-order valence-electron chi connectivity index (χ4n) is 1.96. The summed E-state index contributed by atoms with van der Waals surface area (Å²) in [5, 5.41) is 3.31. The van der Waals surface area contributed by atoms with Gasteiger partial charge in [0.05, 0.1) is 19.6 Å². The van der Waals surface area contributed by atoms with Crippen LogP contribution < -0.4 is 10.1 Å². The topological polar surface area (TPSA) is 47.6 Å². The summed E-state index contributed by atoms with van der Waals surface area (Å²) >= 11 is 0. The lowest BCUT2D eigenvalue weighted by atomic mass is 10.0. The van der Waals surface area contributed by atoms with Gasteiger partial charge in [0, 0.05) is 6.04 Å². The highest BCUT2D eigenvalue weighted by Crippen LogP contribution is 2.21. The molecule has 1 aromatic carbocycles. The first kappa shape index (κ1) is 16.5. The molecular formula is C16H25NO3.